The zero-order chi connectivity index (χ0) is 19.0. The second kappa shape index (κ2) is 6.72. The van der Waals surface area contributed by atoms with Gasteiger partial charge in [0.2, 0.25) is 0 Å². The Morgan fingerprint density at radius 1 is 1.11 bits per heavy atom. The number of hydrogen-bond acceptors (Lipinski definition) is 3. The van der Waals surface area contributed by atoms with Gasteiger partial charge in [0.25, 0.3) is 0 Å². The molecule has 1 fully saturated rings. The smallest absolute Gasteiger partial charge is 0.321 e. The number of ketones is 1. The normalized spacial score (nSPS) is 18.0. The standard InChI is InChI=1S/C22H24N2O3/c1-15-12-16(2)20-18(13-15)19(25)14-22(27-20)8-10-24(11-9-22)21(26)23-17-6-4-3-5-7-17/h3-7,12-13H,8-11,14H2,1-2H3,(H,23,26). The van der Waals surface area contributed by atoms with E-state index >= 15 is 0 Å². The number of urea groups is 1. The molecule has 2 aliphatic rings. The molecule has 1 spiro atoms. The summed E-state index contributed by atoms with van der Waals surface area (Å²) in [5, 5.41) is 2.92. The molecule has 2 heterocycles. The van der Waals surface area contributed by atoms with Gasteiger partial charge in [0.15, 0.2) is 5.78 Å². The van der Waals surface area contributed by atoms with Gasteiger partial charge in [0, 0.05) is 31.6 Å². The minimum atomic E-state index is -0.492. The van der Waals surface area contributed by atoms with Gasteiger partial charge in [-0.15, -0.1) is 0 Å². The molecule has 0 saturated carbocycles. The third-order valence-corrected chi connectivity index (χ3v) is 5.51. The number of ether oxygens (including phenoxy) is 1. The largest absolute Gasteiger partial charge is 0.486 e. The fraction of sp³-hybridized carbons (Fsp3) is 0.364. The maximum Gasteiger partial charge on any atom is 0.321 e. The fourth-order valence-electron chi connectivity index (χ4n) is 4.06. The van der Waals surface area contributed by atoms with Gasteiger partial charge in [-0.3, -0.25) is 4.79 Å². The van der Waals surface area contributed by atoms with Crippen LogP contribution in [0.15, 0.2) is 42.5 Å². The molecule has 2 aromatic rings. The Morgan fingerprint density at radius 2 is 1.81 bits per heavy atom. The molecule has 0 bridgehead atoms. The lowest BCUT2D eigenvalue weighted by atomic mass is 9.81. The van der Waals surface area contributed by atoms with E-state index in [1.165, 1.54) is 0 Å². The Kier molecular flexibility index (Phi) is 4.38. The second-order valence-corrected chi connectivity index (χ2v) is 7.63. The van der Waals surface area contributed by atoms with Crippen LogP contribution in [0.4, 0.5) is 10.5 Å². The average molecular weight is 364 g/mol. The molecule has 5 nitrogen and oxygen atoms in total. The summed E-state index contributed by atoms with van der Waals surface area (Å²) in [4.78, 5) is 27.0. The first-order chi connectivity index (χ1) is 13.0. The van der Waals surface area contributed by atoms with Crippen LogP contribution in [0.5, 0.6) is 5.75 Å². The Balaban J connectivity index is 1.46. The Labute approximate surface area is 159 Å². The van der Waals surface area contributed by atoms with Gasteiger partial charge in [0.1, 0.15) is 11.4 Å². The van der Waals surface area contributed by atoms with Crippen LogP contribution in [0.3, 0.4) is 0 Å². The van der Waals surface area contributed by atoms with E-state index in [1.54, 1.807) is 4.90 Å². The molecule has 5 heteroatoms. The van der Waals surface area contributed by atoms with E-state index in [9.17, 15) is 9.59 Å². The van der Waals surface area contributed by atoms with Crippen molar-refractivity contribution in [2.45, 2.75) is 38.7 Å². The van der Waals surface area contributed by atoms with Gasteiger partial charge in [0.05, 0.1) is 12.0 Å². The first-order valence-electron chi connectivity index (χ1n) is 9.40. The molecule has 2 aromatic carbocycles. The number of carbonyl (C=O) groups is 2. The molecule has 1 N–H and O–H groups in total. The highest BCUT2D eigenvalue weighted by molar-refractivity contribution is 6.01. The predicted octanol–water partition coefficient (Wildman–Crippen LogP) is 4.34. The third kappa shape index (κ3) is 3.42. The lowest BCUT2D eigenvalue weighted by Crippen LogP contribution is -2.53. The molecule has 2 amide bonds. The van der Waals surface area contributed by atoms with E-state index in [0.717, 1.165) is 22.6 Å². The van der Waals surface area contributed by atoms with Crippen molar-refractivity contribution in [3.05, 3.63) is 59.2 Å². The Bertz CT molecular complexity index is 884. The number of para-hydroxylation sites is 1. The van der Waals surface area contributed by atoms with E-state index in [0.29, 0.717) is 37.9 Å². The molecule has 0 atom stereocenters. The van der Waals surface area contributed by atoms with Crippen LogP contribution < -0.4 is 10.1 Å². The van der Waals surface area contributed by atoms with Crippen molar-refractivity contribution in [2.75, 3.05) is 18.4 Å². The molecule has 2 aliphatic heterocycles. The van der Waals surface area contributed by atoms with Crippen LogP contribution in [0.25, 0.3) is 0 Å². The molecule has 0 aromatic heterocycles. The summed E-state index contributed by atoms with van der Waals surface area (Å²) in [7, 11) is 0. The zero-order valence-corrected chi connectivity index (χ0v) is 15.7. The zero-order valence-electron chi connectivity index (χ0n) is 15.7. The number of benzene rings is 2. The topological polar surface area (TPSA) is 58.6 Å². The van der Waals surface area contributed by atoms with Crippen LogP contribution in [0.1, 0.15) is 40.7 Å². The number of nitrogens with one attached hydrogen (secondary N) is 1. The molecule has 27 heavy (non-hydrogen) atoms. The molecule has 0 radical (unpaired) electrons. The number of hydrogen-bond donors (Lipinski definition) is 1. The summed E-state index contributed by atoms with van der Waals surface area (Å²) in [5.41, 5.74) is 3.07. The number of Topliss-reactive ketones (excluding diaryl/α,β-unsaturated/α-hetero) is 1. The molecule has 0 aliphatic carbocycles. The molecular formula is C22H24N2O3. The minimum Gasteiger partial charge on any atom is -0.486 e. The highest BCUT2D eigenvalue weighted by Gasteiger charge is 2.44. The van der Waals surface area contributed by atoms with Gasteiger partial charge < -0.3 is 15.0 Å². The van der Waals surface area contributed by atoms with Crippen molar-refractivity contribution >= 4 is 17.5 Å². The number of nitrogens with zero attached hydrogens (tertiary/aromatic N) is 1. The van der Waals surface area contributed by atoms with Crippen LogP contribution in [-0.2, 0) is 0 Å². The van der Waals surface area contributed by atoms with Gasteiger partial charge >= 0.3 is 6.03 Å². The number of carbonyl (C=O) groups excluding carboxylic acids is 2. The number of piperidine rings is 1. The van der Waals surface area contributed by atoms with Crippen LogP contribution in [0.2, 0.25) is 0 Å². The van der Waals surface area contributed by atoms with Crippen molar-refractivity contribution in [1.82, 2.24) is 4.90 Å². The highest BCUT2D eigenvalue weighted by Crippen LogP contribution is 2.41. The molecule has 140 valence electrons. The number of rotatable bonds is 1. The van der Waals surface area contributed by atoms with Crippen molar-refractivity contribution < 1.29 is 14.3 Å². The van der Waals surface area contributed by atoms with Crippen LogP contribution >= 0.6 is 0 Å². The first kappa shape index (κ1) is 17.6. The van der Waals surface area contributed by atoms with Crippen molar-refractivity contribution in [1.29, 1.82) is 0 Å². The van der Waals surface area contributed by atoms with Crippen molar-refractivity contribution in [3.63, 3.8) is 0 Å². The molecule has 0 unspecified atom stereocenters. The van der Waals surface area contributed by atoms with Gasteiger partial charge in [-0.2, -0.15) is 0 Å². The van der Waals surface area contributed by atoms with E-state index in [2.05, 4.69) is 5.32 Å². The van der Waals surface area contributed by atoms with E-state index in [4.69, 9.17) is 4.74 Å². The lowest BCUT2D eigenvalue weighted by Gasteiger charge is -2.44. The van der Waals surface area contributed by atoms with E-state index in [-0.39, 0.29) is 11.8 Å². The van der Waals surface area contributed by atoms with Crippen molar-refractivity contribution in [3.8, 4) is 5.75 Å². The quantitative estimate of drug-likeness (QED) is 0.819. The Hall–Kier alpha value is -2.82. The van der Waals surface area contributed by atoms with Crippen LogP contribution in [-0.4, -0.2) is 35.4 Å². The summed E-state index contributed by atoms with van der Waals surface area (Å²) < 4.78 is 6.38. The van der Waals surface area contributed by atoms with Crippen molar-refractivity contribution in [2.24, 2.45) is 0 Å². The second-order valence-electron chi connectivity index (χ2n) is 7.63. The number of anilines is 1. The monoisotopic (exact) mass is 364 g/mol. The number of fused-ring (bicyclic) bond motifs is 1. The van der Waals surface area contributed by atoms with Gasteiger partial charge in [-0.05, 0) is 43.2 Å². The molecule has 1 saturated heterocycles. The summed E-state index contributed by atoms with van der Waals surface area (Å²) >= 11 is 0. The third-order valence-electron chi connectivity index (χ3n) is 5.51. The predicted molar refractivity (Wildman–Crippen MR) is 104 cm³/mol. The summed E-state index contributed by atoms with van der Waals surface area (Å²) in [5.74, 6) is 0.865. The summed E-state index contributed by atoms with van der Waals surface area (Å²) in [6.07, 6.45) is 1.71. The fourth-order valence-corrected chi connectivity index (χ4v) is 4.06. The number of likely N-dealkylation sites (tertiary alicyclic amines) is 1. The van der Waals surface area contributed by atoms with Gasteiger partial charge in [-0.25, -0.2) is 4.79 Å². The van der Waals surface area contributed by atoms with Crippen LogP contribution in [0, 0.1) is 13.8 Å². The maximum atomic E-state index is 12.7. The molecular weight excluding hydrogens is 340 g/mol. The highest BCUT2D eigenvalue weighted by atomic mass is 16.5. The maximum absolute atomic E-state index is 12.7. The summed E-state index contributed by atoms with van der Waals surface area (Å²) in [6, 6.07) is 13.3. The Morgan fingerprint density at radius 3 is 2.52 bits per heavy atom. The van der Waals surface area contributed by atoms with Gasteiger partial charge in [-0.1, -0.05) is 24.3 Å². The molecule has 4 rings (SSSR count). The average Bonchev–Trinajstić information content (AvgIpc) is 2.64. The summed E-state index contributed by atoms with van der Waals surface area (Å²) in [6.45, 7) is 5.13. The first-order valence-corrected chi connectivity index (χ1v) is 9.40. The minimum absolute atomic E-state index is 0.106. The number of aryl methyl sites for hydroxylation is 2. The van der Waals surface area contributed by atoms with E-state index in [1.807, 2.05) is 56.3 Å². The lowest BCUT2D eigenvalue weighted by molar-refractivity contribution is -0.000158. The SMILES string of the molecule is Cc1cc(C)c2c(c1)C(=O)CC1(CCN(C(=O)Nc3ccccc3)CC1)O2. The number of amides is 2. The van der Waals surface area contributed by atoms with E-state index < -0.39 is 5.60 Å².